The lowest BCUT2D eigenvalue weighted by molar-refractivity contribution is 0.0935. The van der Waals surface area contributed by atoms with Gasteiger partial charge in [0, 0.05) is 34.2 Å². The lowest BCUT2D eigenvalue weighted by Gasteiger charge is -2.16. The number of amides is 1. The van der Waals surface area contributed by atoms with Crippen LogP contribution in [-0.2, 0) is 5.75 Å². The van der Waals surface area contributed by atoms with Crippen molar-refractivity contribution in [2.24, 2.45) is 5.73 Å². The van der Waals surface area contributed by atoms with Gasteiger partial charge in [-0.05, 0) is 37.6 Å². The van der Waals surface area contributed by atoms with E-state index in [0.717, 1.165) is 40.6 Å². The zero-order valence-electron chi connectivity index (χ0n) is 14.2. The molecule has 0 radical (unpaired) electrons. The van der Waals surface area contributed by atoms with Crippen molar-refractivity contribution in [1.82, 2.24) is 10.3 Å². The molecule has 0 bridgehead atoms. The van der Waals surface area contributed by atoms with Gasteiger partial charge in [-0.1, -0.05) is 19.8 Å². The van der Waals surface area contributed by atoms with E-state index in [1.807, 2.05) is 31.2 Å². The fraction of sp³-hybridized carbons (Fsp3) is 0.444. The van der Waals surface area contributed by atoms with Gasteiger partial charge in [-0.3, -0.25) is 4.79 Å². The molecule has 1 unspecified atom stereocenters. The summed E-state index contributed by atoms with van der Waals surface area (Å²) in [5, 5.41) is 6.20. The third kappa shape index (κ3) is 5.92. The van der Waals surface area contributed by atoms with Crippen molar-refractivity contribution < 1.29 is 4.79 Å². The van der Waals surface area contributed by atoms with Crippen molar-refractivity contribution in [2.45, 2.75) is 49.8 Å². The number of nitrogens with two attached hydrogens (primary N) is 1. The molecule has 2 rings (SSSR count). The van der Waals surface area contributed by atoms with Gasteiger partial charge in [0.2, 0.25) is 0 Å². The molecular weight excluding hydrogens is 338 g/mol. The molecule has 1 heterocycles. The standard InChI is InChI=1S/C18H25N3OS2/c1-3-4-5-15(10-19)21-18(22)14-6-8-17(9-7-14)24-12-16-11-23-13(2)20-16/h6-9,11,15H,3-5,10,12,19H2,1-2H3,(H,21,22). The predicted molar refractivity (Wildman–Crippen MR) is 103 cm³/mol. The van der Waals surface area contributed by atoms with E-state index in [-0.39, 0.29) is 11.9 Å². The van der Waals surface area contributed by atoms with Gasteiger partial charge in [-0.2, -0.15) is 0 Å². The van der Waals surface area contributed by atoms with Gasteiger partial charge in [0.25, 0.3) is 5.91 Å². The highest BCUT2D eigenvalue weighted by atomic mass is 32.2. The van der Waals surface area contributed by atoms with Gasteiger partial charge in [-0.15, -0.1) is 23.1 Å². The normalized spacial score (nSPS) is 12.1. The van der Waals surface area contributed by atoms with Gasteiger partial charge >= 0.3 is 0 Å². The minimum atomic E-state index is -0.0479. The van der Waals surface area contributed by atoms with Crippen molar-refractivity contribution in [3.63, 3.8) is 0 Å². The molecule has 6 heteroatoms. The smallest absolute Gasteiger partial charge is 0.251 e. The molecule has 0 fully saturated rings. The number of aromatic nitrogens is 1. The molecule has 0 spiro atoms. The summed E-state index contributed by atoms with van der Waals surface area (Å²) in [6.07, 6.45) is 3.12. The number of hydrogen-bond acceptors (Lipinski definition) is 5. The Bertz CT molecular complexity index is 640. The number of nitrogens with zero attached hydrogens (tertiary/aromatic N) is 1. The Morgan fingerprint density at radius 2 is 2.12 bits per heavy atom. The Morgan fingerprint density at radius 1 is 1.38 bits per heavy atom. The van der Waals surface area contributed by atoms with Crippen LogP contribution < -0.4 is 11.1 Å². The Balaban J connectivity index is 1.87. The van der Waals surface area contributed by atoms with E-state index in [1.54, 1.807) is 23.1 Å². The van der Waals surface area contributed by atoms with Crippen LogP contribution in [0.5, 0.6) is 0 Å². The van der Waals surface area contributed by atoms with E-state index in [0.29, 0.717) is 12.1 Å². The van der Waals surface area contributed by atoms with Crippen molar-refractivity contribution in [3.05, 3.63) is 45.9 Å². The summed E-state index contributed by atoms with van der Waals surface area (Å²) < 4.78 is 0. The quantitative estimate of drug-likeness (QED) is 0.661. The number of unbranched alkanes of at least 4 members (excludes halogenated alkanes) is 1. The van der Waals surface area contributed by atoms with E-state index in [9.17, 15) is 4.79 Å². The van der Waals surface area contributed by atoms with Gasteiger partial charge in [0.15, 0.2) is 0 Å². The van der Waals surface area contributed by atoms with Gasteiger partial charge in [-0.25, -0.2) is 4.98 Å². The SMILES string of the molecule is CCCCC(CN)NC(=O)c1ccc(SCc2csc(C)n2)cc1. The number of aryl methyl sites for hydroxylation is 1. The van der Waals surface area contributed by atoms with Crippen LogP contribution in [-0.4, -0.2) is 23.5 Å². The second-order valence-electron chi connectivity index (χ2n) is 5.72. The maximum atomic E-state index is 12.3. The molecule has 1 amide bonds. The minimum Gasteiger partial charge on any atom is -0.348 e. The molecule has 1 aromatic carbocycles. The number of carbonyl (C=O) groups excluding carboxylic acids is 1. The monoisotopic (exact) mass is 363 g/mol. The number of rotatable bonds is 9. The summed E-state index contributed by atoms with van der Waals surface area (Å²) in [7, 11) is 0. The van der Waals surface area contributed by atoms with Crippen molar-refractivity contribution >= 4 is 29.0 Å². The number of nitrogens with one attached hydrogen (secondary N) is 1. The maximum absolute atomic E-state index is 12.3. The average molecular weight is 364 g/mol. The van der Waals surface area contributed by atoms with Crippen LogP contribution >= 0.6 is 23.1 Å². The van der Waals surface area contributed by atoms with E-state index in [2.05, 4.69) is 22.6 Å². The van der Waals surface area contributed by atoms with Crippen LogP contribution in [0.1, 0.15) is 47.2 Å². The summed E-state index contributed by atoms with van der Waals surface area (Å²) in [5.41, 5.74) is 7.52. The van der Waals surface area contributed by atoms with Crippen LogP contribution in [0.2, 0.25) is 0 Å². The van der Waals surface area contributed by atoms with Crippen LogP contribution in [0, 0.1) is 6.92 Å². The second kappa shape index (κ2) is 9.81. The van der Waals surface area contributed by atoms with Crippen LogP contribution in [0.3, 0.4) is 0 Å². The molecule has 0 saturated carbocycles. The summed E-state index contributed by atoms with van der Waals surface area (Å²) in [6, 6.07) is 7.78. The van der Waals surface area contributed by atoms with Gasteiger partial charge in [0.1, 0.15) is 0 Å². The van der Waals surface area contributed by atoms with Gasteiger partial charge in [0.05, 0.1) is 10.7 Å². The van der Waals surface area contributed by atoms with Crippen molar-refractivity contribution in [1.29, 1.82) is 0 Å². The third-order valence-corrected chi connectivity index (χ3v) is 5.56. The lowest BCUT2D eigenvalue weighted by atomic mass is 10.1. The molecule has 3 N–H and O–H groups in total. The van der Waals surface area contributed by atoms with Crippen LogP contribution in [0.25, 0.3) is 0 Å². The molecule has 1 atom stereocenters. The lowest BCUT2D eigenvalue weighted by Crippen LogP contribution is -2.40. The fourth-order valence-corrected chi connectivity index (χ4v) is 3.81. The topological polar surface area (TPSA) is 68.0 Å². The first-order valence-corrected chi connectivity index (χ1v) is 10.1. The van der Waals surface area contributed by atoms with E-state index in [4.69, 9.17) is 5.73 Å². The first-order chi connectivity index (χ1) is 11.6. The Morgan fingerprint density at radius 3 is 2.71 bits per heavy atom. The molecule has 0 aliphatic heterocycles. The Hall–Kier alpha value is -1.37. The van der Waals surface area contributed by atoms with E-state index >= 15 is 0 Å². The summed E-state index contributed by atoms with van der Waals surface area (Å²) in [4.78, 5) is 17.9. The molecule has 2 aromatic rings. The minimum absolute atomic E-state index is 0.0479. The van der Waals surface area contributed by atoms with Crippen molar-refractivity contribution in [3.8, 4) is 0 Å². The number of benzene rings is 1. The fourth-order valence-electron chi connectivity index (χ4n) is 2.30. The first kappa shape index (κ1) is 19.0. The highest BCUT2D eigenvalue weighted by molar-refractivity contribution is 7.98. The molecule has 0 saturated heterocycles. The maximum Gasteiger partial charge on any atom is 0.251 e. The van der Waals surface area contributed by atoms with E-state index in [1.165, 1.54) is 0 Å². The number of hydrogen-bond donors (Lipinski definition) is 2. The van der Waals surface area contributed by atoms with E-state index < -0.39 is 0 Å². The zero-order valence-corrected chi connectivity index (χ0v) is 15.9. The molecule has 0 aliphatic carbocycles. The highest BCUT2D eigenvalue weighted by Gasteiger charge is 2.12. The second-order valence-corrected chi connectivity index (χ2v) is 7.83. The molecular formula is C18H25N3OS2. The highest BCUT2D eigenvalue weighted by Crippen LogP contribution is 2.23. The number of thiazole rings is 1. The molecule has 130 valence electrons. The Labute approximate surface area is 152 Å². The van der Waals surface area contributed by atoms with Crippen LogP contribution in [0.15, 0.2) is 34.5 Å². The number of thioether (sulfide) groups is 1. The predicted octanol–water partition coefficient (Wildman–Crippen LogP) is 3.99. The van der Waals surface area contributed by atoms with Crippen LogP contribution in [0.4, 0.5) is 0 Å². The molecule has 0 aliphatic rings. The first-order valence-electron chi connectivity index (χ1n) is 8.27. The molecule has 1 aromatic heterocycles. The van der Waals surface area contributed by atoms with Crippen molar-refractivity contribution in [2.75, 3.05) is 6.54 Å². The Kier molecular flexibility index (Phi) is 7.75. The summed E-state index contributed by atoms with van der Waals surface area (Å²) >= 11 is 3.40. The third-order valence-electron chi connectivity index (χ3n) is 3.70. The largest absolute Gasteiger partial charge is 0.348 e. The molecule has 24 heavy (non-hydrogen) atoms. The summed E-state index contributed by atoms with van der Waals surface area (Å²) in [5.74, 6) is 0.801. The van der Waals surface area contributed by atoms with Gasteiger partial charge < -0.3 is 11.1 Å². The number of carbonyl (C=O) groups is 1. The zero-order chi connectivity index (χ0) is 17.4. The average Bonchev–Trinajstić information content (AvgIpc) is 3.02. The summed E-state index contributed by atoms with van der Waals surface area (Å²) in [6.45, 7) is 4.63. The molecule has 4 nitrogen and oxygen atoms in total.